The lowest BCUT2D eigenvalue weighted by Crippen LogP contribution is -2.46. The molecule has 2 atom stereocenters. The van der Waals surface area contributed by atoms with Crippen molar-refractivity contribution in [1.29, 1.82) is 0 Å². The van der Waals surface area contributed by atoms with Crippen LogP contribution in [0.3, 0.4) is 0 Å². The molecule has 5 nitrogen and oxygen atoms in total. The van der Waals surface area contributed by atoms with Gasteiger partial charge in [-0.1, -0.05) is 30.3 Å². The second-order valence-corrected chi connectivity index (χ2v) is 3.81. The standard InChI is InChI=1S/C12H15NO4/c1-8(11(14)15)13-10(12(16)17)7-9-5-3-2-4-6-9/h2-6,8,10,13H,7H2,1H3,(H,14,15)(H,16,17). The second-order valence-electron chi connectivity index (χ2n) is 3.81. The van der Waals surface area contributed by atoms with Crippen LogP contribution in [0.15, 0.2) is 30.3 Å². The van der Waals surface area contributed by atoms with E-state index in [1.807, 2.05) is 30.3 Å². The van der Waals surface area contributed by atoms with Gasteiger partial charge in [0.15, 0.2) is 0 Å². The minimum absolute atomic E-state index is 0.258. The van der Waals surface area contributed by atoms with E-state index in [-0.39, 0.29) is 6.42 Å². The van der Waals surface area contributed by atoms with Gasteiger partial charge in [-0.3, -0.25) is 14.9 Å². The van der Waals surface area contributed by atoms with Gasteiger partial charge in [-0.15, -0.1) is 0 Å². The molecule has 3 N–H and O–H groups in total. The molecule has 0 fully saturated rings. The fourth-order valence-corrected chi connectivity index (χ4v) is 1.44. The largest absolute Gasteiger partial charge is 0.480 e. The summed E-state index contributed by atoms with van der Waals surface area (Å²) in [6.07, 6.45) is 0.258. The highest BCUT2D eigenvalue weighted by Gasteiger charge is 2.22. The first-order chi connectivity index (χ1) is 8.00. The Balaban J connectivity index is 2.67. The van der Waals surface area contributed by atoms with Crippen LogP contribution in [0.5, 0.6) is 0 Å². The summed E-state index contributed by atoms with van der Waals surface area (Å²) in [6.45, 7) is 1.42. The van der Waals surface area contributed by atoms with Gasteiger partial charge in [0.25, 0.3) is 0 Å². The van der Waals surface area contributed by atoms with E-state index >= 15 is 0 Å². The Morgan fingerprint density at radius 2 is 1.76 bits per heavy atom. The number of nitrogens with one attached hydrogen (secondary N) is 1. The normalized spacial score (nSPS) is 13.9. The summed E-state index contributed by atoms with van der Waals surface area (Å²) in [6, 6.07) is 7.30. The van der Waals surface area contributed by atoms with Gasteiger partial charge in [-0.25, -0.2) is 0 Å². The number of benzene rings is 1. The van der Waals surface area contributed by atoms with E-state index < -0.39 is 24.0 Å². The summed E-state index contributed by atoms with van der Waals surface area (Å²) < 4.78 is 0. The van der Waals surface area contributed by atoms with Crippen molar-refractivity contribution in [3.05, 3.63) is 35.9 Å². The molecule has 0 aliphatic rings. The lowest BCUT2D eigenvalue weighted by molar-refractivity contribution is -0.142. The van der Waals surface area contributed by atoms with Crippen molar-refractivity contribution in [3.63, 3.8) is 0 Å². The highest BCUT2D eigenvalue weighted by Crippen LogP contribution is 2.04. The van der Waals surface area contributed by atoms with Gasteiger partial charge >= 0.3 is 11.9 Å². The molecule has 5 heteroatoms. The van der Waals surface area contributed by atoms with E-state index in [0.717, 1.165) is 5.56 Å². The van der Waals surface area contributed by atoms with E-state index in [2.05, 4.69) is 5.32 Å². The quantitative estimate of drug-likeness (QED) is 0.679. The van der Waals surface area contributed by atoms with Crippen LogP contribution >= 0.6 is 0 Å². The molecule has 17 heavy (non-hydrogen) atoms. The summed E-state index contributed by atoms with van der Waals surface area (Å²) in [4.78, 5) is 21.7. The number of carbonyl (C=O) groups is 2. The molecule has 0 amide bonds. The molecule has 0 aliphatic heterocycles. The summed E-state index contributed by atoms with van der Waals surface area (Å²) in [5.41, 5.74) is 0.852. The Morgan fingerprint density at radius 3 is 2.24 bits per heavy atom. The number of hydrogen-bond donors (Lipinski definition) is 3. The van der Waals surface area contributed by atoms with Crippen molar-refractivity contribution in [1.82, 2.24) is 5.32 Å². The maximum Gasteiger partial charge on any atom is 0.321 e. The predicted molar refractivity (Wildman–Crippen MR) is 61.8 cm³/mol. The first-order valence-electron chi connectivity index (χ1n) is 5.26. The molecule has 1 aromatic rings. The van der Waals surface area contributed by atoms with Crippen LogP contribution in [0.4, 0.5) is 0 Å². The topological polar surface area (TPSA) is 86.6 Å². The summed E-state index contributed by atoms with van der Waals surface area (Å²) in [5.74, 6) is -2.12. The average Bonchev–Trinajstić information content (AvgIpc) is 2.29. The van der Waals surface area contributed by atoms with Crippen LogP contribution < -0.4 is 5.32 Å². The molecule has 0 spiro atoms. The second kappa shape index (κ2) is 6.00. The van der Waals surface area contributed by atoms with E-state index in [9.17, 15) is 9.59 Å². The molecular formula is C12H15NO4. The smallest absolute Gasteiger partial charge is 0.321 e. The van der Waals surface area contributed by atoms with Crippen molar-refractivity contribution < 1.29 is 19.8 Å². The minimum Gasteiger partial charge on any atom is -0.480 e. The van der Waals surface area contributed by atoms with Crippen molar-refractivity contribution >= 4 is 11.9 Å². The third-order valence-corrected chi connectivity index (χ3v) is 2.40. The SMILES string of the molecule is CC(NC(Cc1ccccc1)C(=O)O)C(=O)O. The number of carboxylic acid groups (broad SMARTS) is 2. The molecule has 0 saturated heterocycles. The fraction of sp³-hybridized carbons (Fsp3) is 0.333. The molecular weight excluding hydrogens is 222 g/mol. The Hall–Kier alpha value is -1.88. The Bertz CT molecular complexity index is 391. The monoisotopic (exact) mass is 237 g/mol. The van der Waals surface area contributed by atoms with Crippen LogP contribution in [0, 0.1) is 0 Å². The van der Waals surface area contributed by atoms with Crippen molar-refractivity contribution in [2.75, 3.05) is 0 Å². The van der Waals surface area contributed by atoms with Crippen LogP contribution in [0.2, 0.25) is 0 Å². The van der Waals surface area contributed by atoms with Gasteiger partial charge < -0.3 is 10.2 Å². The van der Waals surface area contributed by atoms with Crippen LogP contribution in [-0.2, 0) is 16.0 Å². The minimum atomic E-state index is -1.07. The van der Waals surface area contributed by atoms with Gasteiger partial charge in [0.1, 0.15) is 12.1 Å². The molecule has 2 unspecified atom stereocenters. The van der Waals surface area contributed by atoms with Crippen LogP contribution in [0.1, 0.15) is 12.5 Å². The number of aliphatic carboxylic acids is 2. The van der Waals surface area contributed by atoms with Crippen LogP contribution in [-0.4, -0.2) is 34.2 Å². The maximum atomic E-state index is 11.0. The third-order valence-electron chi connectivity index (χ3n) is 2.40. The first-order valence-corrected chi connectivity index (χ1v) is 5.26. The summed E-state index contributed by atoms with van der Waals surface area (Å²) in [5, 5.41) is 20.3. The lowest BCUT2D eigenvalue weighted by Gasteiger charge is -2.17. The molecule has 1 aromatic carbocycles. The molecule has 0 bridgehead atoms. The summed E-state index contributed by atoms with van der Waals surface area (Å²) >= 11 is 0. The molecule has 92 valence electrons. The molecule has 0 heterocycles. The van der Waals surface area contributed by atoms with Gasteiger partial charge in [-0.05, 0) is 18.9 Å². The molecule has 1 rings (SSSR count). The number of carboxylic acids is 2. The van der Waals surface area contributed by atoms with E-state index in [4.69, 9.17) is 10.2 Å². The first kappa shape index (κ1) is 13.2. The van der Waals surface area contributed by atoms with E-state index in [1.54, 1.807) is 0 Å². The fourth-order valence-electron chi connectivity index (χ4n) is 1.44. The zero-order valence-electron chi connectivity index (χ0n) is 9.46. The number of rotatable bonds is 6. The maximum absolute atomic E-state index is 11.0. The number of hydrogen-bond acceptors (Lipinski definition) is 3. The average molecular weight is 237 g/mol. The zero-order chi connectivity index (χ0) is 12.8. The summed E-state index contributed by atoms with van der Waals surface area (Å²) in [7, 11) is 0. The van der Waals surface area contributed by atoms with E-state index in [1.165, 1.54) is 6.92 Å². The lowest BCUT2D eigenvalue weighted by atomic mass is 10.1. The van der Waals surface area contributed by atoms with Gasteiger partial charge in [0, 0.05) is 0 Å². The van der Waals surface area contributed by atoms with Gasteiger partial charge in [0.2, 0.25) is 0 Å². The Kier molecular flexibility index (Phi) is 4.66. The third kappa shape index (κ3) is 4.24. The van der Waals surface area contributed by atoms with Gasteiger partial charge in [-0.2, -0.15) is 0 Å². The Morgan fingerprint density at radius 1 is 1.18 bits per heavy atom. The highest BCUT2D eigenvalue weighted by atomic mass is 16.4. The molecule has 0 aliphatic carbocycles. The van der Waals surface area contributed by atoms with Crippen molar-refractivity contribution in [3.8, 4) is 0 Å². The van der Waals surface area contributed by atoms with Crippen molar-refractivity contribution in [2.24, 2.45) is 0 Å². The molecule has 0 aromatic heterocycles. The predicted octanol–water partition coefficient (Wildman–Crippen LogP) is 0.745. The van der Waals surface area contributed by atoms with E-state index in [0.29, 0.717) is 0 Å². The van der Waals surface area contributed by atoms with Crippen molar-refractivity contribution in [2.45, 2.75) is 25.4 Å². The Labute approximate surface area is 99.1 Å². The molecule has 0 saturated carbocycles. The van der Waals surface area contributed by atoms with Gasteiger partial charge in [0.05, 0.1) is 0 Å². The molecule has 0 radical (unpaired) electrons. The zero-order valence-corrected chi connectivity index (χ0v) is 9.46. The van der Waals surface area contributed by atoms with Crippen LogP contribution in [0.25, 0.3) is 0 Å². The highest BCUT2D eigenvalue weighted by molar-refractivity contribution is 5.77.